The first-order chi connectivity index (χ1) is 11.5. The molecular formula is C14H18O11. The zero-order valence-corrected chi connectivity index (χ0v) is 13.9. The van der Waals surface area contributed by atoms with Crippen LogP contribution < -0.4 is 0 Å². The molecule has 0 aromatic heterocycles. The lowest BCUT2D eigenvalue weighted by molar-refractivity contribution is -0.293. The zero-order chi connectivity index (χ0) is 19.3. The maximum atomic E-state index is 11.4. The molecule has 1 aliphatic heterocycles. The first-order valence-corrected chi connectivity index (χ1v) is 7.10. The first-order valence-electron chi connectivity index (χ1n) is 7.10. The molecule has 0 aromatic carbocycles. The first kappa shape index (κ1) is 20.4. The van der Waals surface area contributed by atoms with Gasteiger partial charge in [0.15, 0.2) is 18.3 Å². The largest absolute Gasteiger partial charge is 0.479 e. The van der Waals surface area contributed by atoms with Crippen molar-refractivity contribution < 1.29 is 52.8 Å². The number of carbonyl (C=O) groups is 5. The molecule has 0 aromatic rings. The van der Waals surface area contributed by atoms with Crippen LogP contribution in [0.25, 0.3) is 0 Å². The van der Waals surface area contributed by atoms with Crippen molar-refractivity contribution in [3.05, 3.63) is 0 Å². The Morgan fingerprint density at radius 2 is 1.08 bits per heavy atom. The number of aliphatic carboxylic acids is 1. The smallest absolute Gasteiger partial charge is 0.337 e. The van der Waals surface area contributed by atoms with Crippen LogP contribution in [0, 0.1) is 0 Å². The van der Waals surface area contributed by atoms with E-state index in [0.717, 1.165) is 27.7 Å². The summed E-state index contributed by atoms with van der Waals surface area (Å²) in [6.07, 6.45) is -8.24. The van der Waals surface area contributed by atoms with Crippen LogP contribution in [-0.4, -0.2) is 65.7 Å². The van der Waals surface area contributed by atoms with Crippen LogP contribution in [0.3, 0.4) is 0 Å². The molecule has 140 valence electrons. The summed E-state index contributed by atoms with van der Waals surface area (Å²) in [6, 6.07) is 0. The Morgan fingerprint density at radius 3 is 1.48 bits per heavy atom. The van der Waals surface area contributed by atoms with Crippen molar-refractivity contribution in [1.29, 1.82) is 0 Å². The van der Waals surface area contributed by atoms with E-state index in [1.54, 1.807) is 0 Å². The number of carboxylic acid groups (broad SMARTS) is 1. The van der Waals surface area contributed by atoms with E-state index in [0.29, 0.717) is 0 Å². The third-order valence-corrected chi connectivity index (χ3v) is 2.93. The fourth-order valence-corrected chi connectivity index (χ4v) is 2.23. The van der Waals surface area contributed by atoms with Gasteiger partial charge in [0.25, 0.3) is 0 Å². The van der Waals surface area contributed by atoms with Gasteiger partial charge < -0.3 is 28.8 Å². The van der Waals surface area contributed by atoms with Crippen LogP contribution in [0.1, 0.15) is 27.7 Å². The van der Waals surface area contributed by atoms with Gasteiger partial charge in [0, 0.05) is 27.7 Å². The monoisotopic (exact) mass is 362 g/mol. The number of esters is 4. The van der Waals surface area contributed by atoms with Crippen LogP contribution in [-0.2, 0) is 47.7 Å². The molecule has 1 saturated heterocycles. The van der Waals surface area contributed by atoms with Crippen molar-refractivity contribution >= 4 is 29.8 Å². The van der Waals surface area contributed by atoms with Crippen molar-refractivity contribution in [2.45, 2.75) is 58.4 Å². The predicted molar refractivity (Wildman–Crippen MR) is 74.7 cm³/mol. The number of carbonyl (C=O) groups excluding carboxylic acids is 4. The van der Waals surface area contributed by atoms with Crippen molar-refractivity contribution in [2.24, 2.45) is 0 Å². The molecule has 1 heterocycles. The molecule has 0 spiro atoms. The topological polar surface area (TPSA) is 152 Å². The Labute approximate surface area is 142 Å². The van der Waals surface area contributed by atoms with Gasteiger partial charge in [-0.25, -0.2) is 4.79 Å². The van der Waals surface area contributed by atoms with Gasteiger partial charge in [-0.15, -0.1) is 0 Å². The summed E-state index contributed by atoms with van der Waals surface area (Å²) in [5.41, 5.74) is 0. The van der Waals surface area contributed by atoms with Crippen LogP contribution >= 0.6 is 0 Å². The molecule has 0 radical (unpaired) electrons. The number of rotatable bonds is 5. The molecule has 25 heavy (non-hydrogen) atoms. The van der Waals surface area contributed by atoms with E-state index >= 15 is 0 Å². The van der Waals surface area contributed by atoms with Crippen LogP contribution in [0.2, 0.25) is 0 Å². The molecule has 1 fully saturated rings. The van der Waals surface area contributed by atoms with Crippen LogP contribution in [0.5, 0.6) is 0 Å². The van der Waals surface area contributed by atoms with E-state index < -0.39 is 60.6 Å². The van der Waals surface area contributed by atoms with E-state index in [1.165, 1.54) is 0 Å². The second-order valence-electron chi connectivity index (χ2n) is 5.09. The second-order valence-corrected chi connectivity index (χ2v) is 5.09. The minimum Gasteiger partial charge on any atom is -0.479 e. The van der Waals surface area contributed by atoms with E-state index in [2.05, 4.69) is 0 Å². The van der Waals surface area contributed by atoms with Crippen molar-refractivity contribution in [2.75, 3.05) is 0 Å². The quantitative estimate of drug-likeness (QED) is 0.481. The Balaban J connectivity index is 3.33. The molecule has 0 aliphatic carbocycles. The average Bonchev–Trinajstić information content (AvgIpc) is 2.42. The fourth-order valence-electron chi connectivity index (χ4n) is 2.23. The number of carboxylic acids is 1. The third-order valence-electron chi connectivity index (χ3n) is 2.93. The van der Waals surface area contributed by atoms with Gasteiger partial charge in [-0.2, -0.15) is 0 Å². The van der Waals surface area contributed by atoms with Crippen molar-refractivity contribution in [3.8, 4) is 0 Å². The van der Waals surface area contributed by atoms with E-state index in [9.17, 15) is 29.1 Å². The van der Waals surface area contributed by atoms with Crippen molar-refractivity contribution in [1.82, 2.24) is 0 Å². The molecule has 11 nitrogen and oxygen atoms in total. The van der Waals surface area contributed by atoms with Gasteiger partial charge in [0.05, 0.1) is 0 Å². The van der Waals surface area contributed by atoms with Gasteiger partial charge in [-0.1, -0.05) is 0 Å². The standard InChI is InChI=1S/C14H18O11/c1-5(15)21-9-10(22-6(2)16)12(23-7(3)17)14(24-8(4)18)25-11(9)13(19)20/h9-12,14H,1-4H3,(H,19,20)/t9-,10-,11-,12-,14-/m0/s1. The Bertz CT molecular complexity index is 569. The second kappa shape index (κ2) is 8.42. The van der Waals surface area contributed by atoms with Gasteiger partial charge in [0.2, 0.25) is 12.4 Å². The molecular weight excluding hydrogens is 344 g/mol. The molecule has 1 aliphatic rings. The molecule has 0 bridgehead atoms. The lowest BCUT2D eigenvalue weighted by Crippen LogP contribution is -2.63. The summed E-state index contributed by atoms with van der Waals surface area (Å²) in [7, 11) is 0. The lowest BCUT2D eigenvalue weighted by atomic mass is 9.98. The fraction of sp³-hybridized carbons (Fsp3) is 0.643. The maximum absolute atomic E-state index is 11.4. The highest BCUT2D eigenvalue weighted by Gasteiger charge is 2.55. The summed E-state index contributed by atoms with van der Waals surface area (Å²) in [5, 5.41) is 9.29. The highest BCUT2D eigenvalue weighted by Crippen LogP contribution is 2.29. The number of hydrogen-bond acceptors (Lipinski definition) is 10. The van der Waals surface area contributed by atoms with Crippen molar-refractivity contribution in [3.63, 3.8) is 0 Å². The third kappa shape index (κ3) is 5.71. The van der Waals surface area contributed by atoms with Gasteiger partial charge in [-0.3, -0.25) is 19.2 Å². The van der Waals surface area contributed by atoms with Gasteiger partial charge in [-0.05, 0) is 0 Å². The molecule has 1 N–H and O–H groups in total. The summed E-state index contributed by atoms with van der Waals surface area (Å²) in [4.78, 5) is 56.7. The van der Waals surface area contributed by atoms with Gasteiger partial charge >= 0.3 is 29.8 Å². The summed E-state index contributed by atoms with van der Waals surface area (Å²) in [6.45, 7) is 4.06. The zero-order valence-electron chi connectivity index (χ0n) is 13.9. The van der Waals surface area contributed by atoms with Gasteiger partial charge in [0.1, 0.15) is 0 Å². The minimum absolute atomic E-state index is 0.849. The summed E-state index contributed by atoms with van der Waals surface area (Å²) in [5.74, 6) is -5.03. The highest BCUT2D eigenvalue weighted by molar-refractivity contribution is 5.75. The molecule has 0 saturated carbocycles. The highest BCUT2D eigenvalue weighted by atomic mass is 16.7. The Morgan fingerprint density at radius 1 is 0.680 bits per heavy atom. The number of hydrogen-bond donors (Lipinski definition) is 1. The van der Waals surface area contributed by atoms with E-state index in [-0.39, 0.29) is 0 Å². The van der Waals surface area contributed by atoms with E-state index in [1.807, 2.05) is 0 Å². The molecule has 0 unspecified atom stereocenters. The Hall–Kier alpha value is -2.69. The minimum atomic E-state index is -1.83. The number of ether oxygens (including phenoxy) is 5. The Kier molecular flexibility index (Phi) is 6.86. The molecule has 11 heteroatoms. The molecule has 1 rings (SSSR count). The molecule has 0 amide bonds. The predicted octanol–water partition coefficient (Wildman–Crippen LogP) is -0.846. The molecule has 5 atom stereocenters. The van der Waals surface area contributed by atoms with E-state index in [4.69, 9.17) is 23.7 Å². The van der Waals surface area contributed by atoms with Crippen LogP contribution in [0.4, 0.5) is 0 Å². The lowest BCUT2D eigenvalue weighted by Gasteiger charge is -2.42. The SMILES string of the molecule is CC(=O)O[C@H]1O[C@H](C(=O)O)[C@@H](OC(C)=O)[C@H](OC(C)=O)[C@@H]1OC(C)=O. The normalized spacial score (nSPS) is 28.4. The average molecular weight is 362 g/mol. The summed E-state index contributed by atoms with van der Waals surface area (Å²) >= 11 is 0. The van der Waals surface area contributed by atoms with Crippen LogP contribution in [0.15, 0.2) is 0 Å². The maximum Gasteiger partial charge on any atom is 0.337 e. The summed E-state index contributed by atoms with van der Waals surface area (Å²) < 4.78 is 24.8.